The Morgan fingerprint density at radius 2 is 1.50 bits per heavy atom. The normalized spacial score (nSPS) is 4.00. The molecule has 0 aromatic rings. The molecule has 0 saturated heterocycles. The molecular weight excluding hydrogens is 158 g/mol. The number of hydrogen-bond donors (Lipinski definition) is 2. The summed E-state index contributed by atoms with van der Waals surface area (Å²) in [5, 5.41) is 0. The number of rotatable bonds is 0. The van der Waals surface area contributed by atoms with Gasteiger partial charge in [-0.1, -0.05) is 0 Å². The van der Waals surface area contributed by atoms with Crippen molar-refractivity contribution in [2.24, 2.45) is 0 Å². The first-order valence-electron chi connectivity index (χ1n) is 1.12. The Labute approximate surface area is 75.8 Å². The van der Waals surface area contributed by atoms with Gasteiger partial charge in [-0.15, -0.1) is 0 Å². The Kier molecular flexibility index (Phi) is 31.1. The van der Waals surface area contributed by atoms with E-state index in [1.165, 1.54) is 0 Å². The van der Waals surface area contributed by atoms with Crippen LogP contribution in [0, 0.1) is 0 Å². The van der Waals surface area contributed by atoms with Crippen molar-refractivity contribution in [3.05, 3.63) is 0 Å². The van der Waals surface area contributed by atoms with Crippen molar-refractivity contribution in [3.8, 4) is 0 Å². The monoisotopic (exact) mass is 160 g/mol. The number of hydrogen-bond acceptors (Lipinski definition) is 3. The Bertz CT molecular complexity index is 59.4. The summed E-state index contributed by atoms with van der Waals surface area (Å²) in [7, 11) is -3.13. The molecule has 40 valence electrons. The van der Waals surface area contributed by atoms with Gasteiger partial charge in [0.1, 0.15) is 0 Å². The van der Waals surface area contributed by atoms with Crippen LogP contribution in [0.15, 0.2) is 0 Å². The molecule has 0 amide bonds. The van der Waals surface area contributed by atoms with Crippen LogP contribution in [0.3, 0.4) is 0 Å². The Morgan fingerprint density at radius 3 is 1.50 bits per heavy atom. The minimum atomic E-state index is -3.13. The Morgan fingerprint density at radius 1 is 1.50 bits per heavy atom. The van der Waals surface area contributed by atoms with Gasteiger partial charge in [-0.05, 0) is 0 Å². The van der Waals surface area contributed by atoms with E-state index in [1.54, 1.807) is 0 Å². The first kappa shape index (κ1) is 15.9. The molecule has 0 aromatic heterocycles. The summed E-state index contributed by atoms with van der Waals surface area (Å²) < 4.78 is 25.7. The molecule has 2 N–H and O–H groups in total. The summed E-state index contributed by atoms with van der Waals surface area (Å²) in [6, 6.07) is 0. The van der Waals surface area contributed by atoms with Crippen LogP contribution in [0.2, 0.25) is 0 Å². The van der Waals surface area contributed by atoms with Gasteiger partial charge in [0.25, 0.3) is 0 Å². The van der Waals surface area contributed by atoms with Gasteiger partial charge in [0, 0.05) is 0 Å². The van der Waals surface area contributed by atoms with E-state index < -0.39 is 24.7 Å². The van der Waals surface area contributed by atoms with Crippen LogP contribution in [0.4, 0.5) is 0 Å². The average molecular weight is 160 g/mol. The molecule has 0 aliphatic heterocycles. The summed E-state index contributed by atoms with van der Waals surface area (Å²) in [6.45, 7) is 0. The SMILES string of the molecule is O=[Si](O)O.[Na+].[O]=[Al][O-]. The quantitative estimate of drug-likeness (QED) is 0.343. The van der Waals surface area contributed by atoms with Crippen LogP contribution in [0.1, 0.15) is 0 Å². The molecule has 0 radical (unpaired) electrons. The molecule has 0 unspecified atom stereocenters. The van der Waals surface area contributed by atoms with Gasteiger partial charge in [0.15, 0.2) is 0 Å². The molecule has 0 heterocycles. The van der Waals surface area contributed by atoms with E-state index in [1.807, 2.05) is 0 Å². The van der Waals surface area contributed by atoms with Gasteiger partial charge >= 0.3 is 62.2 Å². The van der Waals surface area contributed by atoms with E-state index >= 15 is 0 Å². The molecule has 0 atom stereocenters. The van der Waals surface area contributed by atoms with E-state index in [0.29, 0.717) is 0 Å². The zero-order valence-electron chi connectivity index (χ0n) is 4.20. The first-order valence-corrected chi connectivity index (χ1v) is 3.37. The van der Waals surface area contributed by atoms with E-state index in [4.69, 9.17) is 22.0 Å². The minimum absolute atomic E-state index is 0. The van der Waals surface area contributed by atoms with E-state index in [9.17, 15) is 0 Å². The Hall–Kier alpha value is 0.749. The first-order chi connectivity index (χ1) is 3.15. The fraction of sp³-hybridized carbons (Fsp3) is 0. The molecule has 5 nitrogen and oxygen atoms in total. The maximum absolute atomic E-state index is 8.74. The molecule has 0 rings (SSSR count). The van der Waals surface area contributed by atoms with Crippen LogP contribution >= 0.6 is 0 Å². The summed E-state index contributed by atoms with van der Waals surface area (Å²) in [5.74, 6) is 0. The van der Waals surface area contributed by atoms with Crippen LogP contribution in [-0.2, 0) is 8.27 Å². The van der Waals surface area contributed by atoms with Crippen molar-refractivity contribution in [2.75, 3.05) is 0 Å². The van der Waals surface area contributed by atoms with Crippen LogP contribution < -0.4 is 33.7 Å². The summed E-state index contributed by atoms with van der Waals surface area (Å²) in [4.78, 5) is 14.3. The molecule has 8 heteroatoms. The van der Waals surface area contributed by atoms with E-state index in [-0.39, 0.29) is 29.6 Å². The van der Waals surface area contributed by atoms with Crippen molar-refractivity contribution in [1.29, 1.82) is 0 Å². The predicted molar refractivity (Wildman–Crippen MR) is 17.3 cm³/mol. The molecule has 0 bridgehead atoms. The second-order valence-electron chi connectivity index (χ2n) is 0.379. The zero-order valence-corrected chi connectivity index (χ0v) is 8.35. The van der Waals surface area contributed by atoms with Crippen molar-refractivity contribution in [2.45, 2.75) is 0 Å². The molecule has 0 spiro atoms. The molecule has 0 fully saturated rings. The van der Waals surface area contributed by atoms with Gasteiger partial charge in [-0.25, -0.2) is 0 Å². The third-order valence-electron chi connectivity index (χ3n) is 0. The third-order valence-corrected chi connectivity index (χ3v) is 0. The summed E-state index contributed by atoms with van der Waals surface area (Å²) >= 11 is -1.75. The van der Waals surface area contributed by atoms with Gasteiger partial charge in [0.2, 0.25) is 0 Å². The molecule has 0 aromatic carbocycles. The molecule has 0 aliphatic rings. The third kappa shape index (κ3) is 397. The van der Waals surface area contributed by atoms with Crippen LogP contribution in [0.25, 0.3) is 0 Å². The van der Waals surface area contributed by atoms with Crippen LogP contribution in [0.5, 0.6) is 0 Å². The second-order valence-corrected chi connectivity index (χ2v) is 1.14. The van der Waals surface area contributed by atoms with Crippen molar-refractivity contribution >= 4 is 24.7 Å². The van der Waals surface area contributed by atoms with Crippen molar-refractivity contribution < 1.29 is 51.6 Å². The van der Waals surface area contributed by atoms with Crippen molar-refractivity contribution in [3.63, 3.8) is 0 Å². The van der Waals surface area contributed by atoms with Crippen molar-refractivity contribution in [1.82, 2.24) is 0 Å². The molecule has 8 heavy (non-hydrogen) atoms. The van der Waals surface area contributed by atoms with Gasteiger partial charge in [-0.2, -0.15) is 0 Å². The van der Waals surface area contributed by atoms with Gasteiger partial charge in [0.05, 0.1) is 0 Å². The second kappa shape index (κ2) is 15.7. The standard InChI is InChI=1S/Al.Na.H2O3Si.2O/c;;1-4(2)3;;/h;;1-2H;;/q;+1;;;-1. The van der Waals surface area contributed by atoms with E-state index in [2.05, 4.69) is 0 Å². The summed E-state index contributed by atoms with van der Waals surface area (Å²) in [6.07, 6.45) is 0. The summed E-state index contributed by atoms with van der Waals surface area (Å²) in [5.41, 5.74) is 0. The maximum atomic E-state index is 8.74. The topological polar surface area (TPSA) is 97.7 Å². The fourth-order valence-corrected chi connectivity index (χ4v) is 0. The molecular formula is H2AlNaO5Si. The van der Waals surface area contributed by atoms with Gasteiger partial charge in [-0.3, -0.25) is 4.46 Å². The predicted octanol–water partition coefficient (Wildman–Crippen LogP) is -6.30. The fourth-order valence-electron chi connectivity index (χ4n) is 0. The van der Waals surface area contributed by atoms with E-state index in [0.717, 1.165) is 0 Å². The molecule has 0 aliphatic carbocycles. The molecule has 0 saturated carbocycles. The van der Waals surface area contributed by atoms with Gasteiger partial charge < -0.3 is 9.59 Å². The Balaban J connectivity index is -0.0000000575. The van der Waals surface area contributed by atoms with Crippen LogP contribution in [-0.4, -0.2) is 34.2 Å². The average Bonchev–Trinajstić information content (AvgIpc) is 1.33. The zero-order chi connectivity index (χ0) is 6.28.